The summed E-state index contributed by atoms with van der Waals surface area (Å²) in [5.41, 5.74) is 3.53. The summed E-state index contributed by atoms with van der Waals surface area (Å²) in [5, 5.41) is 3.27. The Morgan fingerprint density at radius 3 is 2.65 bits per heavy atom. The number of fused-ring (bicyclic) bond motifs is 1. The van der Waals surface area contributed by atoms with Crippen LogP contribution in [0.1, 0.15) is 27.2 Å². The highest BCUT2D eigenvalue weighted by molar-refractivity contribution is 6.07. The van der Waals surface area contributed by atoms with Crippen molar-refractivity contribution in [3.8, 4) is 0 Å². The van der Waals surface area contributed by atoms with E-state index in [0.29, 0.717) is 30.9 Å². The molecule has 31 heavy (non-hydrogen) atoms. The maximum Gasteiger partial charge on any atom is 0.323 e. The van der Waals surface area contributed by atoms with Gasteiger partial charge in [-0.3, -0.25) is 24.8 Å². The van der Waals surface area contributed by atoms with Gasteiger partial charge >= 0.3 is 5.97 Å². The first-order valence-electron chi connectivity index (χ1n) is 10.2. The molecule has 7 nitrogen and oxygen atoms in total. The van der Waals surface area contributed by atoms with Crippen molar-refractivity contribution in [3.63, 3.8) is 0 Å². The van der Waals surface area contributed by atoms with Crippen molar-refractivity contribution in [2.24, 2.45) is 0 Å². The van der Waals surface area contributed by atoms with E-state index in [-0.39, 0.29) is 11.9 Å². The van der Waals surface area contributed by atoms with Gasteiger partial charge in [0.25, 0.3) is 5.91 Å². The zero-order valence-electron chi connectivity index (χ0n) is 17.3. The van der Waals surface area contributed by atoms with Crippen LogP contribution in [0.2, 0.25) is 0 Å². The smallest absolute Gasteiger partial charge is 0.323 e. The number of anilines is 1. The molecule has 1 amide bonds. The number of hydrogen-bond acceptors (Lipinski definition) is 6. The van der Waals surface area contributed by atoms with Crippen LogP contribution in [0.5, 0.6) is 0 Å². The Bertz CT molecular complexity index is 1060. The first-order chi connectivity index (χ1) is 15.2. The molecule has 3 aromatic rings. The molecule has 7 heteroatoms. The third-order valence-electron chi connectivity index (χ3n) is 5.35. The van der Waals surface area contributed by atoms with Crippen molar-refractivity contribution in [1.29, 1.82) is 0 Å². The van der Waals surface area contributed by atoms with Crippen LogP contribution in [0, 0.1) is 0 Å². The summed E-state index contributed by atoms with van der Waals surface area (Å²) in [6, 6.07) is 16.5. The minimum absolute atomic E-state index is 0.0398. The van der Waals surface area contributed by atoms with E-state index in [1.54, 1.807) is 17.3 Å². The number of carbonyl (C=O) groups is 2. The second-order valence-electron chi connectivity index (χ2n) is 7.37. The molecule has 2 aromatic heterocycles. The fraction of sp³-hybridized carbons (Fsp3) is 0.250. The molecule has 1 aliphatic rings. The van der Waals surface area contributed by atoms with Gasteiger partial charge in [-0.2, -0.15) is 0 Å². The summed E-state index contributed by atoms with van der Waals surface area (Å²) >= 11 is 0. The van der Waals surface area contributed by atoms with Gasteiger partial charge in [-0.1, -0.05) is 24.3 Å². The average Bonchev–Trinajstić information content (AvgIpc) is 2.82. The maximum absolute atomic E-state index is 12.9. The predicted molar refractivity (Wildman–Crippen MR) is 117 cm³/mol. The number of rotatable bonds is 7. The molecular formula is C24H24N4O3. The van der Waals surface area contributed by atoms with Crippen molar-refractivity contribution in [1.82, 2.24) is 15.3 Å². The molecule has 1 N–H and O–H groups in total. The Hall–Kier alpha value is -3.58. The third-order valence-corrected chi connectivity index (χ3v) is 5.35. The number of amides is 1. The fourth-order valence-electron chi connectivity index (χ4n) is 3.73. The van der Waals surface area contributed by atoms with Crippen LogP contribution in [-0.2, 0) is 28.9 Å². The van der Waals surface area contributed by atoms with Gasteiger partial charge in [0.05, 0.1) is 7.11 Å². The number of ether oxygens (including phenoxy) is 1. The molecule has 0 unspecified atom stereocenters. The number of pyridine rings is 2. The Morgan fingerprint density at radius 1 is 1.13 bits per heavy atom. The largest absolute Gasteiger partial charge is 0.468 e. The summed E-state index contributed by atoms with van der Waals surface area (Å²) in [5.74, 6) is 0.297. The van der Waals surface area contributed by atoms with Crippen molar-refractivity contribution in [2.75, 3.05) is 18.6 Å². The zero-order chi connectivity index (χ0) is 21.6. The maximum atomic E-state index is 12.9. The van der Waals surface area contributed by atoms with Crippen LogP contribution in [0.3, 0.4) is 0 Å². The predicted octanol–water partition coefficient (Wildman–Crippen LogP) is 2.55. The molecule has 158 valence electrons. The summed E-state index contributed by atoms with van der Waals surface area (Å²) in [6.07, 6.45) is 4.59. The molecule has 4 rings (SSSR count). The quantitative estimate of drug-likeness (QED) is 0.596. The fourth-order valence-corrected chi connectivity index (χ4v) is 3.73. The second kappa shape index (κ2) is 9.49. The van der Waals surface area contributed by atoms with Crippen LogP contribution < -0.4 is 10.2 Å². The first-order valence-corrected chi connectivity index (χ1v) is 10.2. The number of aromatic nitrogens is 2. The molecule has 0 bridgehead atoms. The van der Waals surface area contributed by atoms with Crippen molar-refractivity contribution in [3.05, 3.63) is 89.4 Å². The van der Waals surface area contributed by atoms with Gasteiger partial charge in [-0.05, 0) is 47.9 Å². The summed E-state index contributed by atoms with van der Waals surface area (Å²) in [4.78, 5) is 35.4. The Balaban J connectivity index is 1.45. The van der Waals surface area contributed by atoms with Gasteiger partial charge < -0.3 is 4.74 Å². The van der Waals surface area contributed by atoms with Gasteiger partial charge in [0.1, 0.15) is 11.9 Å². The SMILES string of the molecule is COC(=O)[C@@H](Cc1ccccn1)NCc1ccc2c(c1)CCN(c1ccccn1)C2=O. The minimum Gasteiger partial charge on any atom is -0.468 e. The minimum atomic E-state index is -0.503. The number of nitrogens with zero attached hydrogens (tertiary/aromatic N) is 3. The lowest BCUT2D eigenvalue weighted by Gasteiger charge is -2.28. The lowest BCUT2D eigenvalue weighted by atomic mass is 9.96. The van der Waals surface area contributed by atoms with E-state index >= 15 is 0 Å². The Morgan fingerprint density at radius 2 is 1.94 bits per heavy atom. The molecule has 1 aromatic carbocycles. The van der Waals surface area contributed by atoms with Crippen LogP contribution in [0.4, 0.5) is 5.82 Å². The van der Waals surface area contributed by atoms with E-state index in [1.807, 2.05) is 54.6 Å². The van der Waals surface area contributed by atoms with E-state index in [4.69, 9.17) is 4.74 Å². The van der Waals surface area contributed by atoms with Crippen LogP contribution in [-0.4, -0.2) is 41.5 Å². The van der Waals surface area contributed by atoms with Crippen molar-refractivity contribution >= 4 is 17.7 Å². The van der Waals surface area contributed by atoms with Crippen LogP contribution >= 0.6 is 0 Å². The van der Waals surface area contributed by atoms with Gasteiger partial charge in [-0.15, -0.1) is 0 Å². The number of hydrogen-bond donors (Lipinski definition) is 1. The van der Waals surface area contributed by atoms with Crippen LogP contribution in [0.25, 0.3) is 0 Å². The number of esters is 1. The Labute approximate surface area is 181 Å². The van der Waals surface area contributed by atoms with E-state index in [0.717, 1.165) is 23.2 Å². The molecule has 0 aliphatic carbocycles. The molecule has 0 spiro atoms. The zero-order valence-corrected chi connectivity index (χ0v) is 17.3. The second-order valence-corrected chi connectivity index (χ2v) is 7.37. The molecule has 0 saturated carbocycles. The summed E-state index contributed by atoms with van der Waals surface area (Å²) in [7, 11) is 1.38. The van der Waals surface area contributed by atoms with Crippen molar-refractivity contribution < 1.29 is 14.3 Å². The topological polar surface area (TPSA) is 84.4 Å². The molecular weight excluding hydrogens is 392 g/mol. The highest BCUT2D eigenvalue weighted by Gasteiger charge is 2.26. The average molecular weight is 416 g/mol. The third kappa shape index (κ3) is 4.78. The lowest BCUT2D eigenvalue weighted by Crippen LogP contribution is -2.39. The summed E-state index contributed by atoms with van der Waals surface area (Å²) < 4.78 is 4.95. The number of nitrogens with one attached hydrogen (secondary N) is 1. The number of methoxy groups -OCH3 is 1. The van der Waals surface area contributed by atoms with Crippen LogP contribution in [0.15, 0.2) is 67.0 Å². The normalized spacial score (nSPS) is 14.1. The van der Waals surface area contributed by atoms with Crippen molar-refractivity contribution in [2.45, 2.75) is 25.4 Å². The van der Waals surface area contributed by atoms with E-state index in [9.17, 15) is 9.59 Å². The van der Waals surface area contributed by atoms with E-state index < -0.39 is 6.04 Å². The molecule has 1 atom stereocenters. The van der Waals surface area contributed by atoms with Gasteiger partial charge in [0, 0.05) is 43.2 Å². The molecule has 0 fully saturated rings. The highest BCUT2D eigenvalue weighted by Crippen LogP contribution is 2.24. The lowest BCUT2D eigenvalue weighted by molar-refractivity contribution is -0.143. The highest BCUT2D eigenvalue weighted by atomic mass is 16.5. The van der Waals surface area contributed by atoms with E-state index in [1.165, 1.54) is 7.11 Å². The molecule has 1 aliphatic heterocycles. The number of carbonyl (C=O) groups excluding carboxylic acids is 2. The Kier molecular flexibility index (Phi) is 6.33. The molecule has 0 radical (unpaired) electrons. The monoisotopic (exact) mass is 416 g/mol. The van der Waals surface area contributed by atoms with Gasteiger partial charge in [0.15, 0.2) is 0 Å². The first kappa shape index (κ1) is 20.7. The van der Waals surface area contributed by atoms with E-state index in [2.05, 4.69) is 15.3 Å². The molecule has 3 heterocycles. The summed E-state index contributed by atoms with van der Waals surface area (Å²) in [6.45, 7) is 1.07. The van der Waals surface area contributed by atoms with Gasteiger partial charge in [0.2, 0.25) is 0 Å². The standard InChI is InChI=1S/C24H24N4O3/c1-31-24(30)21(15-19-6-2-4-11-25-19)27-16-17-8-9-20-18(14-17)10-13-28(23(20)29)22-7-3-5-12-26-22/h2-9,11-12,14,21,27H,10,13,15-16H2,1H3/t21-/m1/s1. The van der Waals surface area contributed by atoms with Gasteiger partial charge in [-0.25, -0.2) is 4.98 Å². The number of benzene rings is 1. The molecule has 0 saturated heterocycles.